The lowest BCUT2D eigenvalue weighted by Gasteiger charge is -1.86. The predicted molar refractivity (Wildman–Crippen MR) is 69.7 cm³/mol. The zero-order chi connectivity index (χ0) is 5.11. The average molecular weight is 196 g/mol. The van der Waals surface area contributed by atoms with Gasteiger partial charge in [-0.25, -0.2) is 0 Å². The molecule has 0 amide bonds. The van der Waals surface area contributed by atoms with Crippen LogP contribution in [0.2, 0.25) is 0 Å². The smallest absolute Gasteiger partial charge is 0.0810 e. The highest BCUT2D eigenvalue weighted by atomic mass is 16.6. The summed E-state index contributed by atoms with van der Waals surface area (Å²) in [7, 11) is 0. The maximum absolute atomic E-state index is 5.01. The third-order valence-corrected chi connectivity index (χ3v) is 1.28. The van der Waals surface area contributed by atoms with Crippen LogP contribution in [0.3, 0.4) is 0 Å². The molecule has 1 saturated heterocycles. The van der Waals surface area contributed by atoms with Crippen molar-refractivity contribution >= 4 is 0 Å². The molecule has 1 rings (SSSR count). The molecule has 0 N–H and O–H groups in total. The highest BCUT2D eigenvalue weighted by molar-refractivity contribution is 4.67. The molecular weight excluding hydrogens is 160 g/mol. The summed E-state index contributed by atoms with van der Waals surface area (Å²) in [6.07, 6.45) is 4.58. The van der Waals surface area contributed by atoms with Crippen molar-refractivity contribution in [1.29, 1.82) is 0 Å². The van der Waals surface area contributed by atoms with Gasteiger partial charge in [-0.1, -0.05) is 64.3 Å². The van der Waals surface area contributed by atoms with Crippen LogP contribution < -0.4 is 0 Å². The lowest BCUT2D eigenvalue weighted by Crippen LogP contribution is -1.81. The van der Waals surface area contributed by atoms with E-state index in [4.69, 9.17) is 4.74 Å². The first-order valence-electron chi connectivity index (χ1n) is 3.05. The summed E-state index contributed by atoms with van der Waals surface area (Å²) >= 11 is 0. The molecule has 1 heterocycles. The van der Waals surface area contributed by atoms with Crippen molar-refractivity contribution in [3.8, 4) is 0 Å². The summed E-state index contributed by atoms with van der Waals surface area (Å²) in [5.74, 6) is 0. The molecule has 1 heteroatoms. The van der Waals surface area contributed by atoms with Crippen molar-refractivity contribution in [3.63, 3.8) is 0 Å². The van der Waals surface area contributed by atoms with E-state index in [1.807, 2.05) is 0 Å². The van der Waals surface area contributed by atoms with Gasteiger partial charge in [0.25, 0.3) is 0 Å². The molecule has 1 fully saturated rings. The quantitative estimate of drug-likeness (QED) is 0.551. The molecule has 90 valence electrons. The molecule has 0 aliphatic carbocycles. The second kappa shape index (κ2) is 22.7. The van der Waals surface area contributed by atoms with Crippen molar-refractivity contribution in [3.05, 3.63) is 0 Å². The number of hydrogen-bond acceptors (Lipinski definition) is 1. The van der Waals surface area contributed by atoms with Gasteiger partial charge >= 0.3 is 0 Å². The fourth-order valence-corrected chi connectivity index (χ4v) is 0.667. The standard InChI is InChI=1S/C6H12O.6CH4/c1-2-3-4-6-5-7-6;;;;;;/h6H,2-5H2,1H3;6*1H4. The van der Waals surface area contributed by atoms with E-state index in [1.165, 1.54) is 19.3 Å². The van der Waals surface area contributed by atoms with E-state index in [9.17, 15) is 0 Å². The third kappa shape index (κ3) is 24.5. The number of ether oxygens (including phenoxy) is 1. The van der Waals surface area contributed by atoms with Crippen LogP contribution in [0.15, 0.2) is 0 Å². The first-order chi connectivity index (χ1) is 3.43. The Balaban J connectivity index is -0.0000000204. The van der Waals surface area contributed by atoms with Crippen LogP contribution in [0.25, 0.3) is 0 Å². The van der Waals surface area contributed by atoms with E-state index in [0.29, 0.717) is 6.10 Å². The minimum atomic E-state index is 0. The fourth-order valence-electron chi connectivity index (χ4n) is 0.667. The van der Waals surface area contributed by atoms with E-state index in [1.54, 1.807) is 0 Å². The Morgan fingerprint density at radius 3 is 1.62 bits per heavy atom. The Morgan fingerprint density at radius 1 is 1.00 bits per heavy atom. The van der Waals surface area contributed by atoms with Crippen LogP contribution in [-0.2, 0) is 4.74 Å². The van der Waals surface area contributed by atoms with Crippen LogP contribution in [0, 0.1) is 0 Å². The summed E-state index contributed by atoms with van der Waals surface area (Å²) in [5.41, 5.74) is 0. The zero-order valence-electron chi connectivity index (χ0n) is 4.81. The third-order valence-electron chi connectivity index (χ3n) is 1.28. The Morgan fingerprint density at radius 2 is 1.38 bits per heavy atom. The molecule has 1 nitrogen and oxygen atoms in total. The van der Waals surface area contributed by atoms with Crippen molar-refractivity contribution in [1.82, 2.24) is 0 Å². The molecule has 0 aromatic carbocycles. The molecule has 1 atom stereocenters. The second-order valence-corrected chi connectivity index (χ2v) is 2.10. The van der Waals surface area contributed by atoms with Gasteiger partial charge in [-0.15, -0.1) is 0 Å². The maximum Gasteiger partial charge on any atom is 0.0810 e. The first-order valence-corrected chi connectivity index (χ1v) is 3.05. The molecule has 1 unspecified atom stereocenters. The summed E-state index contributed by atoms with van der Waals surface area (Å²) in [4.78, 5) is 0. The minimum Gasteiger partial charge on any atom is -0.373 e. The predicted octanol–water partition coefficient (Wildman–Crippen LogP) is 5.39. The molecule has 1 aliphatic heterocycles. The van der Waals surface area contributed by atoms with E-state index in [2.05, 4.69) is 6.92 Å². The Hall–Kier alpha value is -0.0400. The van der Waals surface area contributed by atoms with Gasteiger partial charge in [0.1, 0.15) is 0 Å². The lowest BCUT2D eigenvalue weighted by atomic mass is 10.2. The summed E-state index contributed by atoms with van der Waals surface area (Å²) in [6, 6.07) is 0. The van der Waals surface area contributed by atoms with E-state index in [0.717, 1.165) is 6.61 Å². The minimum absolute atomic E-state index is 0. The van der Waals surface area contributed by atoms with Gasteiger partial charge in [-0.05, 0) is 6.42 Å². The van der Waals surface area contributed by atoms with Crippen molar-refractivity contribution in [2.75, 3.05) is 6.61 Å². The van der Waals surface area contributed by atoms with Gasteiger partial charge in [-0.2, -0.15) is 0 Å². The molecule has 0 aromatic heterocycles. The highest BCUT2D eigenvalue weighted by Gasteiger charge is 2.20. The first kappa shape index (κ1) is 38.3. The van der Waals surface area contributed by atoms with E-state index < -0.39 is 0 Å². The zero-order valence-corrected chi connectivity index (χ0v) is 4.81. The molecule has 0 saturated carbocycles. The summed E-state index contributed by atoms with van der Waals surface area (Å²) in [5, 5.41) is 0. The highest BCUT2D eigenvalue weighted by Crippen LogP contribution is 2.15. The fraction of sp³-hybridized carbons (Fsp3) is 1.00. The topological polar surface area (TPSA) is 12.5 Å². The lowest BCUT2D eigenvalue weighted by molar-refractivity contribution is 0.391. The number of epoxide rings is 1. The number of hydrogen-bond donors (Lipinski definition) is 0. The maximum atomic E-state index is 5.01. The molecule has 0 aromatic rings. The van der Waals surface area contributed by atoms with Gasteiger partial charge in [0, 0.05) is 0 Å². The SMILES string of the molecule is C.C.C.C.C.C.CCCCC1CO1. The molecule has 13 heavy (non-hydrogen) atoms. The molecule has 0 radical (unpaired) electrons. The van der Waals surface area contributed by atoms with E-state index >= 15 is 0 Å². The Labute approximate surface area is 88.9 Å². The van der Waals surface area contributed by atoms with Crippen LogP contribution >= 0.6 is 0 Å². The van der Waals surface area contributed by atoms with E-state index in [-0.39, 0.29) is 44.6 Å². The van der Waals surface area contributed by atoms with Gasteiger partial charge in [0.15, 0.2) is 0 Å². The largest absolute Gasteiger partial charge is 0.373 e. The second-order valence-electron chi connectivity index (χ2n) is 2.10. The van der Waals surface area contributed by atoms with Crippen LogP contribution in [-0.4, -0.2) is 12.7 Å². The van der Waals surface area contributed by atoms with Gasteiger partial charge < -0.3 is 4.74 Å². The monoisotopic (exact) mass is 196 g/mol. The normalized spacial score (nSPS) is 15.0. The van der Waals surface area contributed by atoms with Crippen LogP contribution in [0.4, 0.5) is 0 Å². The number of unbranched alkanes of at least 4 members (excludes halogenated alkanes) is 1. The van der Waals surface area contributed by atoms with Crippen molar-refractivity contribution in [2.45, 2.75) is 76.9 Å². The van der Waals surface area contributed by atoms with Crippen LogP contribution in [0.1, 0.15) is 70.7 Å². The Kier molecular flexibility index (Phi) is 66.7. The van der Waals surface area contributed by atoms with Gasteiger partial charge in [0.05, 0.1) is 12.7 Å². The van der Waals surface area contributed by atoms with Crippen LogP contribution in [0.5, 0.6) is 0 Å². The van der Waals surface area contributed by atoms with Gasteiger partial charge in [0.2, 0.25) is 0 Å². The summed E-state index contributed by atoms with van der Waals surface area (Å²) in [6.45, 7) is 3.24. The molecule has 1 aliphatic rings. The summed E-state index contributed by atoms with van der Waals surface area (Å²) < 4.78 is 5.01. The van der Waals surface area contributed by atoms with Gasteiger partial charge in [-0.3, -0.25) is 0 Å². The molecular formula is C12H36O. The Bertz CT molecular complexity index is 49.1. The average Bonchev–Trinajstić information content (AvgIpc) is 2.42. The number of rotatable bonds is 3. The molecule has 0 bridgehead atoms. The van der Waals surface area contributed by atoms with Crippen molar-refractivity contribution < 1.29 is 4.74 Å². The van der Waals surface area contributed by atoms with Crippen molar-refractivity contribution in [2.24, 2.45) is 0 Å². The molecule has 0 spiro atoms.